The second kappa shape index (κ2) is 8.80. The molecule has 2 aromatic carbocycles. The van der Waals surface area contributed by atoms with E-state index in [1.54, 1.807) is 30.1 Å². The number of halogens is 1. The number of rotatable bonds is 5. The normalized spacial score (nSPS) is 10.8. The van der Waals surface area contributed by atoms with Crippen molar-refractivity contribution in [2.75, 3.05) is 17.7 Å². The summed E-state index contributed by atoms with van der Waals surface area (Å²) in [5, 5.41) is 13.7. The van der Waals surface area contributed by atoms with Crippen molar-refractivity contribution in [3.05, 3.63) is 76.0 Å². The van der Waals surface area contributed by atoms with Crippen LogP contribution >= 0.6 is 15.9 Å². The van der Waals surface area contributed by atoms with E-state index in [0.717, 1.165) is 26.6 Å². The monoisotopic (exact) mass is 492 g/mol. The largest absolute Gasteiger partial charge is 0.355 e. The number of carbonyl (C=O) groups is 2. The number of amides is 2. The lowest BCUT2D eigenvalue weighted by Crippen LogP contribution is -2.20. The van der Waals surface area contributed by atoms with Crippen LogP contribution in [0.3, 0.4) is 0 Å². The van der Waals surface area contributed by atoms with Crippen molar-refractivity contribution in [1.82, 2.24) is 20.1 Å². The summed E-state index contributed by atoms with van der Waals surface area (Å²) < 4.78 is 2.46. The third-order valence-corrected chi connectivity index (χ3v) is 5.56. The number of aryl methyl sites for hydroxylation is 2. The highest BCUT2D eigenvalue weighted by Crippen LogP contribution is 2.29. The lowest BCUT2D eigenvalue weighted by molar-refractivity contribution is 0.0961. The summed E-state index contributed by atoms with van der Waals surface area (Å²) in [6.07, 6.45) is 3.12. The highest BCUT2D eigenvalue weighted by Gasteiger charge is 2.18. The van der Waals surface area contributed by atoms with Crippen LogP contribution in [0.4, 0.5) is 17.2 Å². The van der Waals surface area contributed by atoms with Gasteiger partial charge in [0.2, 0.25) is 0 Å². The van der Waals surface area contributed by atoms with Crippen LogP contribution in [0.5, 0.6) is 0 Å². The average molecular weight is 493 g/mol. The summed E-state index contributed by atoms with van der Waals surface area (Å²) in [5.74, 6) is -0.210. The lowest BCUT2D eigenvalue weighted by atomic mass is 10.1. The first-order valence-electron chi connectivity index (χ1n) is 9.84. The molecule has 0 unspecified atom stereocenters. The third kappa shape index (κ3) is 4.19. The molecule has 2 aromatic heterocycles. The Kier molecular flexibility index (Phi) is 5.91. The zero-order chi connectivity index (χ0) is 22.8. The van der Waals surface area contributed by atoms with E-state index in [2.05, 4.69) is 42.0 Å². The van der Waals surface area contributed by atoms with Gasteiger partial charge in [-0.05, 0) is 36.8 Å². The molecule has 4 aromatic rings. The number of anilines is 3. The van der Waals surface area contributed by atoms with E-state index in [1.165, 1.54) is 6.20 Å². The van der Waals surface area contributed by atoms with Gasteiger partial charge in [-0.1, -0.05) is 34.1 Å². The average Bonchev–Trinajstić information content (AvgIpc) is 3.15. The summed E-state index contributed by atoms with van der Waals surface area (Å²) in [6, 6.07) is 13.0. The molecule has 2 amide bonds. The van der Waals surface area contributed by atoms with E-state index in [1.807, 2.05) is 44.3 Å². The Morgan fingerprint density at radius 3 is 2.56 bits per heavy atom. The van der Waals surface area contributed by atoms with Crippen LogP contribution in [0, 0.1) is 6.92 Å². The maximum atomic E-state index is 13.3. The molecule has 0 aliphatic heterocycles. The van der Waals surface area contributed by atoms with Crippen LogP contribution in [0.2, 0.25) is 0 Å². The molecule has 0 radical (unpaired) electrons. The highest BCUT2D eigenvalue weighted by atomic mass is 79.9. The maximum absolute atomic E-state index is 13.3. The van der Waals surface area contributed by atoms with Gasteiger partial charge in [0.25, 0.3) is 11.8 Å². The van der Waals surface area contributed by atoms with Gasteiger partial charge in [-0.3, -0.25) is 14.3 Å². The van der Waals surface area contributed by atoms with Crippen molar-refractivity contribution in [2.45, 2.75) is 6.92 Å². The SMILES string of the molecule is CNC(=O)c1cnc(Nc2ccccc2C)c(NC(=O)c2cc(Br)cc3c2cnn3C)c1. The van der Waals surface area contributed by atoms with Crippen LogP contribution < -0.4 is 16.0 Å². The number of aromatic nitrogens is 3. The first kappa shape index (κ1) is 21.5. The minimum absolute atomic E-state index is 0.299. The highest BCUT2D eigenvalue weighted by molar-refractivity contribution is 9.10. The predicted molar refractivity (Wildman–Crippen MR) is 128 cm³/mol. The van der Waals surface area contributed by atoms with Crippen LogP contribution in [0.1, 0.15) is 26.3 Å². The second-order valence-electron chi connectivity index (χ2n) is 7.25. The van der Waals surface area contributed by atoms with Gasteiger partial charge in [0.1, 0.15) is 0 Å². The Balaban J connectivity index is 1.75. The van der Waals surface area contributed by atoms with Gasteiger partial charge in [-0.25, -0.2) is 4.98 Å². The first-order chi connectivity index (χ1) is 15.4. The molecule has 0 aliphatic carbocycles. The first-order valence-corrected chi connectivity index (χ1v) is 10.6. The molecular formula is C23H21BrN6O2. The Bertz CT molecular complexity index is 1350. The fourth-order valence-electron chi connectivity index (χ4n) is 3.36. The van der Waals surface area contributed by atoms with Crippen LogP contribution in [-0.4, -0.2) is 33.6 Å². The summed E-state index contributed by atoms with van der Waals surface area (Å²) in [6.45, 7) is 1.97. The molecular weight excluding hydrogens is 472 g/mol. The van der Waals surface area contributed by atoms with E-state index in [9.17, 15) is 9.59 Å². The Hall–Kier alpha value is -3.72. The number of para-hydroxylation sites is 1. The minimum Gasteiger partial charge on any atom is -0.355 e. The van der Waals surface area contributed by atoms with Gasteiger partial charge in [-0.2, -0.15) is 5.10 Å². The standard InChI is InChI=1S/C23H21BrN6O2/c1-13-6-4-5-7-18(13)28-21-19(8-14(11-26-21)22(31)25-2)29-23(32)16-9-15(24)10-20-17(16)12-27-30(20)3/h4-12H,1-3H3,(H,25,31)(H,26,28)(H,29,32). The Labute approximate surface area is 193 Å². The molecule has 4 rings (SSSR count). The number of carbonyl (C=O) groups excluding carboxylic acids is 2. The summed E-state index contributed by atoms with van der Waals surface area (Å²) in [7, 11) is 3.36. The molecule has 0 saturated carbocycles. The van der Waals surface area contributed by atoms with E-state index < -0.39 is 0 Å². The Morgan fingerprint density at radius 1 is 1.03 bits per heavy atom. The number of hydrogen-bond acceptors (Lipinski definition) is 5. The van der Waals surface area contributed by atoms with Gasteiger partial charge in [-0.15, -0.1) is 0 Å². The number of nitrogens with one attached hydrogen (secondary N) is 3. The van der Waals surface area contributed by atoms with Gasteiger partial charge >= 0.3 is 0 Å². The lowest BCUT2D eigenvalue weighted by Gasteiger charge is -2.15. The van der Waals surface area contributed by atoms with E-state index >= 15 is 0 Å². The molecule has 8 nitrogen and oxygen atoms in total. The molecule has 0 spiro atoms. The van der Waals surface area contributed by atoms with Crippen molar-refractivity contribution in [3.63, 3.8) is 0 Å². The number of fused-ring (bicyclic) bond motifs is 1. The van der Waals surface area contributed by atoms with Gasteiger partial charge in [0, 0.05) is 35.8 Å². The molecule has 162 valence electrons. The summed E-state index contributed by atoms with van der Waals surface area (Å²) in [5.41, 5.74) is 3.86. The van der Waals surface area contributed by atoms with E-state index in [4.69, 9.17) is 0 Å². The molecule has 0 atom stereocenters. The fraction of sp³-hybridized carbons (Fsp3) is 0.130. The van der Waals surface area contributed by atoms with Gasteiger partial charge in [0.05, 0.1) is 28.5 Å². The summed E-state index contributed by atoms with van der Waals surface area (Å²) >= 11 is 3.46. The van der Waals surface area contributed by atoms with E-state index in [-0.39, 0.29) is 11.8 Å². The van der Waals surface area contributed by atoms with E-state index in [0.29, 0.717) is 22.6 Å². The smallest absolute Gasteiger partial charge is 0.256 e. The van der Waals surface area contributed by atoms with Crippen molar-refractivity contribution in [3.8, 4) is 0 Å². The zero-order valence-electron chi connectivity index (χ0n) is 17.7. The molecule has 3 N–H and O–H groups in total. The Morgan fingerprint density at radius 2 is 1.81 bits per heavy atom. The number of benzene rings is 2. The minimum atomic E-state index is -0.340. The topological polar surface area (TPSA) is 101 Å². The fourth-order valence-corrected chi connectivity index (χ4v) is 3.81. The maximum Gasteiger partial charge on any atom is 0.256 e. The predicted octanol–water partition coefficient (Wildman–Crippen LogP) is 4.39. The molecule has 9 heteroatoms. The number of hydrogen-bond donors (Lipinski definition) is 3. The second-order valence-corrected chi connectivity index (χ2v) is 8.16. The molecule has 0 fully saturated rings. The van der Waals surface area contributed by atoms with Crippen molar-refractivity contribution in [2.24, 2.45) is 7.05 Å². The van der Waals surface area contributed by atoms with Crippen molar-refractivity contribution in [1.29, 1.82) is 0 Å². The van der Waals surface area contributed by atoms with Crippen LogP contribution in [-0.2, 0) is 7.05 Å². The molecule has 2 heterocycles. The number of pyridine rings is 1. The quantitative estimate of drug-likeness (QED) is 0.383. The third-order valence-electron chi connectivity index (χ3n) is 5.10. The summed E-state index contributed by atoms with van der Waals surface area (Å²) in [4.78, 5) is 29.9. The number of nitrogens with zero attached hydrogens (tertiary/aromatic N) is 3. The molecule has 0 saturated heterocycles. The van der Waals surface area contributed by atoms with Crippen LogP contribution in [0.15, 0.2) is 59.3 Å². The van der Waals surface area contributed by atoms with Crippen molar-refractivity contribution < 1.29 is 9.59 Å². The molecule has 32 heavy (non-hydrogen) atoms. The van der Waals surface area contributed by atoms with Gasteiger partial charge in [0.15, 0.2) is 5.82 Å². The zero-order valence-corrected chi connectivity index (χ0v) is 19.3. The van der Waals surface area contributed by atoms with Crippen molar-refractivity contribution >= 4 is 55.8 Å². The molecule has 0 aliphatic rings. The molecule has 0 bridgehead atoms. The van der Waals surface area contributed by atoms with Gasteiger partial charge < -0.3 is 16.0 Å². The van der Waals surface area contributed by atoms with Crippen LogP contribution in [0.25, 0.3) is 10.9 Å².